The average Bonchev–Trinajstić information content (AvgIpc) is 3.74. The van der Waals surface area contributed by atoms with Gasteiger partial charge in [0.15, 0.2) is 10.6 Å². The van der Waals surface area contributed by atoms with Crippen molar-refractivity contribution in [2.45, 2.75) is 68.9 Å². The maximum atomic E-state index is 13.3. The number of nitrogens with one attached hydrogen (secondary N) is 1. The van der Waals surface area contributed by atoms with Crippen molar-refractivity contribution < 1.29 is 33.7 Å². The molecule has 5 atom stereocenters. The van der Waals surface area contributed by atoms with Crippen LogP contribution in [0.5, 0.6) is 0 Å². The second kappa shape index (κ2) is 17.0. The lowest BCUT2D eigenvalue weighted by atomic mass is 9.91. The number of imide groups is 1. The topological polar surface area (TPSA) is 140 Å². The first-order valence-corrected chi connectivity index (χ1v) is 19.5. The van der Waals surface area contributed by atoms with Gasteiger partial charge in [0.2, 0.25) is 5.91 Å². The van der Waals surface area contributed by atoms with Crippen LogP contribution in [-0.4, -0.2) is 56.0 Å². The van der Waals surface area contributed by atoms with Crippen molar-refractivity contribution in [3.05, 3.63) is 136 Å². The highest BCUT2D eigenvalue weighted by Gasteiger charge is 2.41. The number of aromatic nitrogens is 2. The van der Waals surface area contributed by atoms with Crippen LogP contribution in [0.1, 0.15) is 58.6 Å². The number of aryl methyl sites for hydroxylation is 1. The number of nitrogens with zero attached hydrogens (tertiary/aromatic N) is 3. The Balaban J connectivity index is 1.04. The zero-order valence-corrected chi connectivity index (χ0v) is 31.4. The first kappa shape index (κ1) is 37.4. The summed E-state index contributed by atoms with van der Waals surface area (Å²) in [5.74, 6) is -0.142. The molecule has 54 heavy (non-hydrogen) atoms. The molecule has 2 saturated heterocycles. The quantitative estimate of drug-likeness (QED) is 0.0995. The second-order valence-corrected chi connectivity index (χ2v) is 15.7. The summed E-state index contributed by atoms with van der Waals surface area (Å²) in [6.07, 6.45) is -1.93. The van der Waals surface area contributed by atoms with Gasteiger partial charge in [0.1, 0.15) is 17.7 Å². The molecule has 5 aromatic rings. The van der Waals surface area contributed by atoms with Gasteiger partial charge in [-0.3, -0.25) is 14.5 Å². The SMILES string of the molecule is Cc1nnc(SCC2OC(c3ccc(-c4ccccc4CN4C(=O)CC(NC(=O)OCc5ccccc5)C4=O)cc3)OC(c3ccc(CO)cc3)C2C)s1. The van der Waals surface area contributed by atoms with Gasteiger partial charge in [-0.1, -0.05) is 133 Å². The number of carbonyl (C=O) groups excluding carboxylic acids is 3. The Morgan fingerprint density at radius 3 is 2.37 bits per heavy atom. The van der Waals surface area contributed by atoms with Gasteiger partial charge < -0.3 is 24.6 Å². The molecule has 1 aromatic heterocycles. The minimum absolute atomic E-state index is 0.0274. The second-order valence-electron chi connectivity index (χ2n) is 13.3. The van der Waals surface area contributed by atoms with Gasteiger partial charge in [-0.15, -0.1) is 10.2 Å². The number of benzene rings is 4. The lowest BCUT2D eigenvalue weighted by Gasteiger charge is -2.41. The van der Waals surface area contributed by atoms with Crippen LogP contribution in [0.25, 0.3) is 11.1 Å². The van der Waals surface area contributed by atoms with Crippen LogP contribution < -0.4 is 5.32 Å². The number of ether oxygens (including phenoxy) is 3. The third-order valence-corrected chi connectivity index (χ3v) is 11.7. The molecule has 2 aliphatic heterocycles. The third kappa shape index (κ3) is 8.72. The molecule has 13 heteroatoms. The molecule has 0 radical (unpaired) electrons. The van der Waals surface area contributed by atoms with E-state index in [1.807, 2.05) is 110 Å². The molecule has 0 aliphatic carbocycles. The summed E-state index contributed by atoms with van der Waals surface area (Å²) in [6, 6.07) is 31.6. The monoisotopic (exact) mass is 764 g/mol. The largest absolute Gasteiger partial charge is 0.445 e. The molecule has 0 spiro atoms. The fourth-order valence-corrected chi connectivity index (χ4v) is 8.60. The number of aliphatic hydroxyl groups excluding tert-OH is 1. The van der Waals surface area contributed by atoms with Crippen molar-refractivity contribution in [2.75, 3.05) is 5.75 Å². The molecule has 2 fully saturated rings. The zero-order chi connectivity index (χ0) is 37.6. The smallest absolute Gasteiger partial charge is 0.408 e. The van der Waals surface area contributed by atoms with Gasteiger partial charge in [0, 0.05) is 17.2 Å². The maximum absolute atomic E-state index is 13.3. The molecule has 0 bridgehead atoms. The van der Waals surface area contributed by atoms with Crippen LogP contribution in [0.15, 0.2) is 107 Å². The third-order valence-electron chi connectivity index (χ3n) is 9.59. The van der Waals surface area contributed by atoms with E-state index >= 15 is 0 Å². The van der Waals surface area contributed by atoms with Gasteiger partial charge in [-0.2, -0.15) is 0 Å². The summed E-state index contributed by atoms with van der Waals surface area (Å²) in [6.45, 7) is 4.15. The van der Waals surface area contributed by atoms with Crippen molar-refractivity contribution >= 4 is 41.0 Å². The first-order valence-electron chi connectivity index (χ1n) is 17.7. The number of aliphatic hydroxyl groups is 1. The minimum Gasteiger partial charge on any atom is -0.445 e. The van der Waals surface area contributed by atoms with Crippen LogP contribution >= 0.6 is 23.1 Å². The van der Waals surface area contributed by atoms with Crippen molar-refractivity contribution in [3.8, 4) is 11.1 Å². The molecule has 4 aromatic carbocycles. The Kier molecular flexibility index (Phi) is 11.8. The summed E-state index contributed by atoms with van der Waals surface area (Å²) in [5.41, 5.74) is 6.05. The molecule has 3 amide bonds. The fourth-order valence-electron chi connectivity index (χ4n) is 6.60. The van der Waals surface area contributed by atoms with E-state index in [-0.39, 0.29) is 50.2 Å². The Morgan fingerprint density at radius 1 is 0.926 bits per heavy atom. The van der Waals surface area contributed by atoms with E-state index in [1.165, 1.54) is 4.90 Å². The number of rotatable bonds is 12. The molecule has 0 saturated carbocycles. The number of hydrogen-bond donors (Lipinski definition) is 2. The number of hydrogen-bond acceptors (Lipinski definition) is 11. The number of alkyl carbamates (subject to hydrolysis) is 1. The molecule has 11 nitrogen and oxygen atoms in total. The standard InChI is InChI=1S/C41H40N4O7S2/c1-25-35(24-53-41-44-43-26(2)54-41)51-39(52-37(25)30-14-12-27(22-46)13-15-30)31-18-16-29(17-19-31)33-11-7-6-10-32(33)21-45-36(47)20-34(38(45)48)42-40(49)50-23-28-8-4-3-5-9-28/h3-19,25,34-35,37,39,46H,20-24H2,1-2H3,(H,42,49). The van der Waals surface area contributed by atoms with Gasteiger partial charge in [-0.25, -0.2) is 4.79 Å². The van der Waals surface area contributed by atoms with Crippen LogP contribution in [0.4, 0.5) is 4.79 Å². The Morgan fingerprint density at radius 2 is 1.65 bits per heavy atom. The van der Waals surface area contributed by atoms with Crippen LogP contribution in [0.2, 0.25) is 0 Å². The lowest BCUT2D eigenvalue weighted by Crippen LogP contribution is -2.41. The molecule has 278 valence electrons. The molecule has 7 rings (SSSR count). The number of carbonyl (C=O) groups is 3. The van der Waals surface area contributed by atoms with Crippen LogP contribution in [0, 0.1) is 12.8 Å². The van der Waals surface area contributed by atoms with E-state index in [4.69, 9.17) is 14.2 Å². The van der Waals surface area contributed by atoms with Gasteiger partial charge in [0.05, 0.1) is 31.8 Å². The van der Waals surface area contributed by atoms with Crippen molar-refractivity contribution in [3.63, 3.8) is 0 Å². The minimum atomic E-state index is -0.994. The predicted molar refractivity (Wildman–Crippen MR) is 204 cm³/mol. The number of amides is 3. The van der Waals surface area contributed by atoms with E-state index in [9.17, 15) is 19.5 Å². The van der Waals surface area contributed by atoms with E-state index in [1.54, 1.807) is 23.1 Å². The van der Waals surface area contributed by atoms with E-state index < -0.39 is 24.3 Å². The number of likely N-dealkylation sites (tertiary alicyclic amines) is 1. The van der Waals surface area contributed by atoms with Gasteiger partial charge >= 0.3 is 6.09 Å². The van der Waals surface area contributed by atoms with E-state index in [2.05, 4.69) is 22.4 Å². The summed E-state index contributed by atoms with van der Waals surface area (Å²) in [4.78, 5) is 40.0. The summed E-state index contributed by atoms with van der Waals surface area (Å²) >= 11 is 3.18. The molecule has 3 heterocycles. The molecule has 2 N–H and O–H groups in total. The van der Waals surface area contributed by atoms with Crippen molar-refractivity contribution in [1.82, 2.24) is 20.4 Å². The predicted octanol–water partition coefficient (Wildman–Crippen LogP) is 7.14. The average molecular weight is 765 g/mol. The first-order chi connectivity index (χ1) is 26.2. The van der Waals surface area contributed by atoms with E-state index in [0.717, 1.165) is 48.3 Å². The highest BCUT2D eigenvalue weighted by molar-refractivity contribution is 8.01. The summed E-state index contributed by atoms with van der Waals surface area (Å²) in [5, 5.41) is 21.5. The van der Waals surface area contributed by atoms with E-state index in [0.29, 0.717) is 5.75 Å². The number of thioether (sulfide) groups is 1. The summed E-state index contributed by atoms with van der Waals surface area (Å²) < 4.78 is 19.4. The maximum Gasteiger partial charge on any atom is 0.408 e. The highest BCUT2D eigenvalue weighted by Crippen LogP contribution is 2.43. The Labute approximate surface area is 321 Å². The molecule has 5 unspecified atom stereocenters. The lowest BCUT2D eigenvalue weighted by molar-refractivity contribution is -0.268. The fraction of sp³-hybridized carbons (Fsp3) is 0.293. The van der Waals surface area contributed by atoms with Crippen LogP contribution in [-0.2, 0) is 43.6 Å². The normalized spacial score (nSPS) is 21.3. The highest BCUT2D eigenvalue weighted by atomic mass is 32.2. The summed E-state index contributed by atoms with van der Waals surface area (Å²) in [7, 11) is 0. The molecule has 2 aliphatic rings. The van der Waals surface area contributed by atoms with Crippen LogP contribution in [0.3, 0.4) is 0 Å². The zero-order valence-electron chi connectivity index (χ0n) is 29.8. The van der Waals surface area contributed by atoms with Crippen molar-refractivity contribution in [1.29, 1.82) is 0 Å². The van der Waals surface area contributed by atoms with Gasteiger partial charge in [0.25, 0.3) is 5.91 Å². The Hall–Kier alpha value is -4.92. The van der Waals surface area contributed by atoms with Gasteiger partial charge in [-0.05, 0) is 40.3 Å². The molecular formula is C41H40N4O7S2. The van der Waals surface area contributed by atoms with Crippen molar-refractivity contribution in [2.24, 2.45) is 5.92 Å². The molecular weight excluding hydrogens is 725 g/mol. The Bertz CT molecular complexity index is 2080.